The molecule has 0 amide bonds. The fourth-order valence-corrected chi connectivity index (χ4v) is 4.43. The molecule has 3 fully saturated rings. The molecule has 15 N–H and O–H groups in total. The molecule has 0 bridgehead atoms. The first-order chi connectivity index (χ1) is 15.1. The van der Waals surface area contributed by atoms with E-state index in [-0.39, 0.29) is 19.4 Å². The zero-order valence-corrected chi connectivity index (χ0v) is 17.7. The molecule has 32 heavy (non-hydrogen) atoms. The minimum Gasteiger partial charge on any atom is -0.394 e. The van der Waals surface area contributed by atoms with Crippen LogP contribution in [0.5, 0.6) is 0 Å². The highest BCUT2D eigenvalue weighted by molar-refractivity contribution is 5.01. The van der Waals surface area contributed by atoms with Crippen molar-refractivity contribution in [1.29, 1.82) is 0 Å². The van der Waals surface area contributed by atoms with E-state index in [1.807, 2.05) is 0 Å². The van der Waals surface area contributed by atoms with Gasteiger partial charge in [-0.05, 0) is 12.8 Å². The minimum absolute atomic E-state index is 0.0542. The number of ether oxygens (including phenoxy) is 4. The lowest BCUT2D eigenvalue weighted by atomic mass is 9.84. The van der Waals surface area contributed by atoms with Gasteiger partial charge in [0.05, 0.1) is 30.9 Å². The van der Waals surface area contributed by atoms with Crippen molar-refractivity contribution in [3.8, 4) is 0 Å². The topological polar surface area (TPSA) is 268 Å². The molecule has 0 aromatic rings. The average Bonchev–Trinajstić information content (AvgIpc) is 2.75. The molecule has 1 saturated carbocycles. The molecule has 14 heteroatoms. The summed E-state index contributed by atoms with van der Waals surface area (Å²) < 4.78 is 22.7. The van der Waals surface area contributed by atoms with E-state index >= 15 is 0 Å². The van der Waals surface area contributed by atoms with Gasteiger partial charge in [-0.15, -0.1) is 0 Å². The van der Waals surface area contributed by atoms with Crippen LogP contribution in [0.25, 0.3) is 0 Å². The summed E-state index contributed by atoms with van der Waals surface area (Å²) in [6.45, 7) is -0.499. The third-order valence-electron chi connectivity index (χ3n) is 6.41. The second-order valence-corrected chi connectivity index (χ2v) is 8.78. The van der Waals surface area contributed by atoms with E-state index in [1.54, 1.807) is 0 Å². The molecular formula is C18H37N5O9. The molecule has 0 aromatic carbocycles. The maximum Gasteiger partial charge on any atom is 0.186 e. The Morgan fingerprint density at radius 3 is 1.84 bits per heavy atom. The van der Waals surface area contributed by atoms with Crippen LogP contribution in [0.1, 0.15) is 12.8 Å². The largest absolute Gasteiger partial charge is 0.394 e. The summed E-state index contributed by atoms with van der Waals surface area (Å²) in [6, 6.07) is -3.27. The van der Waals surface area contributed by atoms with E-state index < -0.39 is 92.2 Å². The average molecular weight is 468 g/mol. The summed E-state index contributed by atoms with van der Waals surface area (Å²) in [5.74, 6) is 0. The molecule has 1 aliphatic carbocycles. The van der Waals surface area contributed by atoms with E-state index in [0.29, 0.717) is 0 Å². The third-order valence-corrected chi connectivity index (χ3v) is 6.41. The lowest BCUT2D eigenvalue weighted by molar-refractivity contribution is -0.314. The van der Waals surface area contributed by atoms with Crippen molar-refractivity contribution in [2.75, 3.05) is 13.2 Å². The fraction of sp³-hybridized carbons (Fsp3) is 1.00. The highest BCUT2D eigenvalue weighted by Gasteiger charge is 2.50. The molecular weight excluding hydrogens is 430 g/mol. The van der Waals surface area contributed by atoms with E-state index in [4.69, 9.17) is 47.6 Å². The summed E-state index contributed by atoms with van der Waals surface area (Å²) in [5, 5.41) is 50.7. The first-order valence-electron chi connectivity index (χ1n) is 10.8. The summed E-state index contributed by atoms with van der Waals surface area (Å²) in [6.07, 6.45) is -10.8. The van der Waals surface area contributed by atoms with Crippen molar-refractivity contribution in [2.24, 2.45) is 28.7 Å². The number of aliphatic hydroxyl groups excluding tert-OH is 5. The van der Waals surface area contributed by atoms with Crippen LogP contribution in [-0.4, -0.2) is 124 Å². The van der Waals surface area contributed by atoms with Crippen molar-refractivity contribution in [3.63, 3.8) is 0 Å². The predicted octanol–water partition coefficient (Wildman–Crippen LogP) is -6.30. The lowest BCUT2D eigenvalue weighted by Crippen LogP contribution is -2.68. The Morgan fingerprint density at radius 1 is 0.719 bits per heavy atom. The fourth-order valence-electron chi connectivity index (χ4n) is 4.43. The molecule has 0 unspecified atom stereocenters. The number of rotatable bonds is 6. The van der Waals surface area contributed by atoms with Crippen LogP contribution >= 0.6 is 0 Å². The zero-order chi connectivity index (χ0) is 23.7. The molecule has 188 valence electrons. The SMILES string of the molecule is NC[C@@H]1O[C@H](O[C@H]2[C@H](O)[C@H](O[C@H]3O[C@@H](CO)[C@@H](O)[C@H](N)[C@@H]3O)[C@H](N)C[C@H]2N)[C@@H](N)C[C@@H]1O. The van der Waals surface area contributed by atoms with Gasteiger partial charge in [-0.3, -0.25) is 0 Å². The number of hydrogen-bond acceptors (Lipinski definition) is 14. The molecule has 2 aliphatic heterocycles. The standard InChI is InChI=1S/C18H37N5O9/c19-3-9-8(25)2-7(22)17(29-9)31-15-5(20)1-6(21)16(14(15)28)32-18-13(27)11(23)12(26)10(4-24)30-18/h5-18,24-28H,1-4,19-23H2/t5-,6-,7+,8+,9+,10+,11+,12-,13+,14+,15-,16-,17-,18-/m1/s1. The molecule has 0 aromatic heterocycles. The number of hydrogen-bond donors (Lipinski definition) is 10. The Hall–Kier alpha value is -0.560. The Bertz CT molecular complexity index is 607. The summed E-state index contributed by atoms with van der Waals surface area (Å²) in [5.41, 5.74) is 29.8. The van der Waals surface area contributed by atoms with Gasteiger partial charge in [0.25, 0.3) is 0 Å². The number of nitrogens with two attached hydrogens (primary N) is 5. The lowest BCUT2D eigenvalue weighted by Gasteiger charge is -2.47. The quantitative estimate of drug-likeness (QED) is 0.174. The van der Waals surface area contributed by atoms with Crippen LogP contribution in [0.2, 0.25) is 0 Å². The van der Waals surface area contributed by atoms with Gasteiger partial charge < -0.3 is 73.1 Å². The van der Waals surface area contributed by atoms with Crippen molar-refractivity contribution in [1.82, 2.24) is 0 Å². The van der Waals surface area contributed by atoms with Crippen molar-refractivity contribution >= 4 is 0 Å². The highest BCUT2D eigenvalue weighted by Crippen LogP contribution is 2.30. The first-order valence-corrected chi connectivity index (χ1v) is 10.8. The van der Waals surface area contributed by atoms with Crippen LogP contribution in [0.15, 0.2) is 0 Å². The summed E-state index contributed by atoms with van der Waals surface area (Å²) in [7, 11) is 0. The Kier molecular flexibility index (Phi) is 8.79. The van der Waals surface area contributed by atoms with Crippen LogP contribution in [0, 0.1) is 0 Å². The van der Waals surface area contributed by atoms with Gasteiger partial charge in [-0.1, -0.05) is 0 Å². The Labute approximate surface area is 185 Å². The normalized spacial score (nSPS) is 52.7. The molecule has 2 heterocycles. The van der Waals surface area contributed by atoms with Crippen molar-refractivity contribution < 1.29 is 44.5 Å². The van der Waals surface area contributed by atoms with Crippen LogP contribution in [-0.2, 0) is 18.9 Å². The van der Waals surface area contributed by atoms with Crippen molar-refractivity contribution in [2.45, 2.75) is 98.4 Å². The van der Waals surface area contributed by atoms with Gasteiger partial charge in [-0.25, -0.2) is 0 Å². The minimum atomic E-state index is -1.44. The van der Waals surface area contributed by atoms with Gasteiger partial charge in [0.2, 0.25) is 0 Å². The van der Waals surface area contributed by atoms with Gasteiger partial charge >= 0.3 is 0 Å². The van der Waals surface area contributed by atoms with E-state index in [9.17, 15) is 25.5 Å². The number of aliphatic hydroxyl groups is 5. The summed E-state index contributed by atoms with van der Waals surface area (Å²) in [4.78, 5) is 0. The predicted molar refractivity (Wildman–Crippen MR) is 108 cm³/mol. The van der Waals surface area contributed by atoms with Gasteiger partial charge in [0.1, 0.15) is 36.6 Å². The molecule has 0 spiro atoms. The third kappa shape index (κ3) is 5.24. The van der Waals surface area contributed by atoms with Gasteiger partial charge in [-0.2, -0.15) is 0 Å². The summed E-state index contributed by atoms with van der Waals surface area (Å²) >= 11 is 0. The smallest absolute Gasteiger partial charge is 0.186 e. The Balaban J connectivity index is 1.70. The molecule has 2 saturated heterocycles. The second-order valence-electron chi connectivity index (χ2n) is 8.78. The molecule has 3 rings (SSSR count). The van der Waals surface area contributed by atoms with E-state index in [2.05, 4.69) is 0 Å². The van der Waals surface area contributed by atoms with E-state index in [1.165, 1.54) is 0 Å². The van der Waals surface area contributed by atoms with Gasteiger partial charge in [0.15, 0.2) is 12.6 Å². The molecule has 3 aliphatic rings. The highest BCUT2D eigenvalue weighted by atomic mass is 16.7. The Morgan fingerprint density at radius 2 is 1.28 bits per heavy atom. The molecule has 14 atom stereocenters. The monoisotopic (exact) mass is 467 g/mol. The first kappa shape index (κ1) is 26.1. The molecule has 0 radical (unpaired) electrons. The van der Waals surface area contributed by atoms with Gasteiger partial charge in [0, 0.05) is 18.6 Å². The zero-order valence-electron chi connectivity index (χ0n) is 17.7. The molecule has 14 nitrogen and oxygen atoms in total. The second kappa shape index (κ2) is 10.8. The van der Waals surface area contributed by atoms with Crippen LogP contribution in [0.4, 0.5) is 0 Å². The van der Waals surface area contributed by atoms with Crippen molar-refractivity contribution in [3.05, 3.63) is 0 Å². The maximum absolute atomic E-state index is 11.0. The van der Waals surface area contributed by atoms with Crippen LogP contribution < -0.4 is 28.7 Å². The van der Waals surface area contributed by atoms with Crippen LogP contribution in [0.3, 0.4) is 0 Å². The maximum atomic E-state index is 11.0. The van der Waals surface area contributed by atoms with E-state index in [0.717, 1.165) is 0 Å².